The number of carbonyl (C=O) groups is 1. The van der Waals surface area contributed by atoms with E-state index in [1.807, 2.05) is 84.3 Å². The fourth-order valence-corrected chi connectivity index (χ4v) is 4.55. The number of aromatic nitrogens is 3. The average molecular weight is 463 g/mol. The van der Waals surface area contributed by atoms with Gasteiger partial charge in [-0.25, -0.2) is 0 Å². The lowest BCUT2D eigenvalue weighted by molar-refractivity contribution is -0.117. The van der Waals surface area contributed by atoms with E-state index < -0.39 is 0 Å². The summed E-state index contributed by atoms with van der Waals surface area (Å²) in [7, 11) is 1.79. The number of hydrogen-bond donors (Lipinski definition) is 0. The third-order valence-corrected chi connectivity index (χ3v) is 6.52. The minimum Gasteiger partial charge on any atom is -0.315 e. The van der Waals surface area contributed by atoms with Gasteiger partial charge in [-0.1, -0.05) is 84.0 Å². The molecular weight excluding hydrogens is 440 g/mol. The van der Waals surface area contributed by atoms with Gasteiger partial charge in [0.15, 0.2) is 11.0 Å². The van der Waals surface area contributed by atoms with E-state index in [9.17, 15) is 4.79 Å². The van der Waals surface area contributed by atoms with Crippen LogP contribution in [0.4, 0.5) is 5.69 Å². The lowest BCUT2D eigenvalue weighted by Crippen LogP contribution is -2.33. The molecule has 5 nitrogen and oxygen atoms in total. The maximum atomic E-state index is 13.1. The summed E-state index contributed by atoms with van der Waals surface area (Å²) in [5, 5.41) is 9.81. The molecule has 0 aliphatic rings. The van der Waals surface area contributed by atoms with E-state index in [-0.39, 0.29) is 11.2 Å². The summed E-state index contributed by atoms with van der Waals surface area (Å²) in [6, 6.07) is 27.3. The summed E-state index contributed by atoms with van der Waals surface area (Å²) >= 11 is 7.86. The first kappa shape index (κ1) is 22.1. The molecule has 1 amide bonds. The lowest BCUT2D eigenvalue weighted by Gasteiger charge is -2.21. The Balaban J connectivity index is 1.64. The molecule has 0 fully saturated rings. The van der Waals surface area contributed by atoms with Crippen LogP contribution in [0.1, 0.15) is 12.5 Å². The number of anilines is 1. The zero-order valence-electron chi connectivity index (χ0n) is 17.9. The summed E-state index contributed by atoms with van der Waals surface area (Å²) in [4.78, 5) is 14.7. The van der Waals surface area contributed by atoms with Crippen LogP contribution in [-0.2, 0) is 11.3 Å². The van der Waals surface area contributed by atoms with Crippen molar-refractivity contribution in [2.45, 2.75) is 23.9 Å². The monoisotopic (exact) mass is 462 g/mol. The summed E-state index contributed by atoms with van der Waals surface area (Å²) in [6.07, 6.45) is 0. The van der Waals surface area contributed by atoms with E-state index in [1.54, 1.807) is 11.9 Å². The molecule has 0 aliphatic carbocycles. The molecule has 1 unspecified atom stereocenters. The Bertz CT molecular complexity index is 1200. The fourth-order valence-electron chi connectivity index (χ4n) is 3.39. The number of hydrogen-bond acceptors (Lipinski definition) is 4. The SMILES string of the molecule is CC(Sc1nnc(-c2ccccc2Cl)n1Cc1ccccc1)C(=O)N(C)c1ccccc1. The van der Waals surface area contributed by atoms with Crippen molar-refractivity contribution in [1.82, 2.24) is 14.8 Å². The van der Waals surface area contributed by atoms with E-state index in [1.165, 1.54) is 11.8 Å². The molecule has 0 aliphatic heterocycles. The average Bonchev–Trinajstić information content (AvgIpc) is 3.21. The van der Waals surface area contributed by atoms with Gasteiger partial charge in [-0.15, -0.1) is 10.2 Å². The van der Waals surface area contributed by atoms with Gasteiger partial charge in [-0.2, -0.15) is 0 Å². The van der Waals surface area contributed by atoms with Gasteiger partial charge in [0.1, 0.15) is 0 Å². The Morgan fingerprint density at radius 2 is 1.59 bits per heavy atom. The first-order valence-corrected chi connectivity index (χ1v) is 11.5. The lowest BCUT2D eigenvalue weighted by atomic mass is 10.2. The number of nitrogens with zero attached hydrogens (tertiary/aromatic N) is 4. The first-order chi connectivity index (χ1) is 15.5. The summed E-state index contributed by atoms with van der Waals surface area (Å²) in [5.74, 6) is 0.674. The minimum absolute atomic E-state index is 0.00486. The van der Waals surface area contributed by atoms with Crippen molar-refractivity contribution in [1.29, 1.82) is 0 Å². The van der Waals surface area contributed by atoms with Crippen molar-refractivity contribution < 1.29 is 4.79 Å². The van der Waals surface area contributed by atoms with Crippen LogP contribution >= 0.6 is 23.4 Å². The van der Waals surface area contributed by atoms with Crippen LogP contribution in [-0.4, -0.2) is 33.0 Å². The summed E-state index contributed by atoms with van der Waals surface area (Å²) < 4.78 is 2.02. The third-order valence-electron chi connectivity index (χ3n) is 5.12. The maximum Gasteiger partial charge on any atom is 0.240 e. The topological polar surface area (TPSA) is 51.0 Å². The number of halogens is 1. The zero-order chi connectivity index (χ0) is 22.5. The standard InChI is InChI=1S/C25H23ClN4OS/c1-18(24(31)29(2)20-13-7-4-8-14-20)32-25-28-27-23(21-15-9-10-16-22(21)26)30(25)17-19-11-5-3-6-12-19/h3-16,18H,17H2,1-2H3. The Morgan fingerprint density at radius 3 is 2.28 bits per heavy atom. The number of thioether (sulfide) groups is 1. The van der Waals surface area contributed by atoms with Gasteiger partial charge in [0.05, 0.1) is 16.8 Å². The molecule has 162 valence electrons. The Labute approximate surface area is 197 Å². The van der Waals surface area contributed by atoms with Gasteiger partial charge in [0.2, 0.25) is 5.91 Å². The normalized spacial score (nSPS) is 11.8. The van der Waals surface area contributed by atoms with Gasteiger partial charge in [0.25, 0.3) is 0 Å². The molecule has 4 aromatic rings. The highest BCUT2D eigenvalue weighted by Gasteiger charge is 2.24. The van der Waals surface area contributed by atoms with E-state index in [0.29, 0.717) is 22.5 Å². The van der Waals surface area contributed by atoms with Crippen molar-refractivity contribution in [2.75, 3.05) is 11.9 Å². The second kappa shape index (κ2) is 10.0. The number of benzene rings is 3. The van der Waals surface area contributed by atoms with Crippen LogP contribution in [0.15, 0.2) is 90.1 Å². The highest BCUT2D eigenvalue weighted by Crippen LogP contribution is 2.32. The highest BCUT2D eigenvalue weighted by molar-refractivity contribution is 8.00. The number of amides is 1. The molecule has 0 radical (unpaired) electrons. The van der Waals surface area contributed by atoms with E-state index >= 15 is 0 Å². The quantitative estimate of drug-likeness (QED) is 0.326. The van der Waals surface area contributed by atoms with Gasteiger partial charge in [-0.05, 0) is 36.8 Å². The molecule has 7 heteroatoms. The second-order valence-electron chi connectivity index (χ2n) is 7.35. The van der Waals surface area contributed by atoms with Crippen molar-refractivity contribution in [3.63, 3.8) is 0 Å². The van der Waals surface area contributed by atoms with E-state index in [2.05, 4.69) is 22.3 Å². The Morgan fingerprint density at radius 1 is 0.969 bits per heavy atom. The Kier molecular flexibility index (Phi) is 6.93. The molecule has 4 rings (SSSR count). The summed E-state index contributed by atoms with van der Waals surface area (Å²) in [5.41, 5.74) is 2.78. The van der Waals surface area contributed by atoms with Gasteiger partial charge < -0.3 is 4.90 Å². The number of para-hydroxylation sites is 1. The molecule has 0 saturated carbocycles. The van der Waals surface area contributed by atoms with E-state index in [0.717, 1.165) is 16.8 Å². The maximum absolute atomic E-state index is 13.1. The smallest absolute Gasteiger partial charge is 0.240 e. The molecule has 0 saturated heterocycles. The van der Waals surface area contributed by atoms with Crippen molar-refractivity contribution in [3.8, 4) is 11.4 Å². The predicted molar refractivity (Wildman–Crippen MR) is 131 cm³/mol. The largest absolute Gasteiger partial charge is 0.315 e. The zero-order valence-corrected chi connectivity index (χ0v) is 19.4. The molecule has 3 aromatic carbocycles. The fraction of sp³-hybridized carbons (Fsp3) is 0.160. The third kappa shape index (κ3) is 4.87. The summed E-state index contributed by atoms with van der Waals surface area (Å²) in [6.45, 7) is 2.47. The van der Waals surface area contributed by atoms with Crippen LogP contribution in [0.5, 0.6) is 0 Å². The molecule has 0 bridgehead atoms. The molecule has 1 heterocycles. The number of carbonyl (C=O) groups excluding carboxylic acids is 1. The van der Waals surface area contributed by atoms with Crippen molar-refractivity contribution in [2.24, 2.45) is 0 Å². The van der Waals surface area contributed by atoms with Gasteiger partial charge in [-0.3, -0.25) is 9.36 Å². The van der Waals surface area contributed by atoms with Gasteiger partial charge >= 0.3 is 0 Å². The highest BCUT2D eigenvalue weighted by atomic mass is 35.5. The van der Waals surface area contributed by atoms with Crippen LogP contribution in [0, 0.1) is 0 Å². The molecule has 1 atom stereocenters. The van der Waals surface area contributed by atoms with Gasteiger partial charge in [0, 0.05) is 18.3 Å². The van der Waals surface area contributed by atoms with Crippen LogP contribution in [0.3, 0.4) is 0 Å². The van der Waals surface area contributed by atoms with Crippen LogP contribution < -0.4 is 4.90 Å². The van der Waals surface area contributed by atoms with E-state index in [4.69, 9.17) is 11.6 Å². The molecular formula is C25H23ClN4OS. The van der Waals surface area contributed by atoms with Crippen LogP contribution in [0.25, 0.3) is 11.4 Å². The minimum atomic E-state index is -0.349. The first-order valence-electron chi connectivity index (χ1n) is 10.3. The number of rotatable bonds is 7. The molecule has 1 aromatic heterocycles. The van der Waals surface area contributed by atoms with Crippen molar-refractivity contribution in [3.05, 3.63) is 95.5 Å². The molecule has 0 N–H and O–H groups in total. The molecule has 32 heavy (non-hydrogen) atoms. The second-order valence-corrected chi connectivity index (χ2v) is 9.07. The van der Waals surface area contributed by atoms with Crippen molar-refractivity contribution >= 4 is 35.0 Å². The van der Waals surface area contributed by atoms with Crippen LogP contribution in [0.2, 0.25) is 5.02 Å². The Hall–Kier alpha value is -3.09. The predicted octanol–water partition coefficient (Wildman–Crippen LogP) is 5.79. The molecule has 0 spiro atoms.